The maximum absolute atomic E-state index is 12.5. The van der Waals surface area contributed by atoms with Gasteiger partial charge in [0, 0.05) is 16.8 Å². The normalized spacial score (nSPS) is 10.8. The lowest BCUT2D eigenvalue weighted by atomic mass is 10.1. The molecule has 140 valence electrons. The van der Waals surface area contributed by atoms with Gasteiger partial charge in [-0.15, -0.1) is 0 Å². The van der Waals surface area contributed by atoms with Crippen LogP contribution >= 0.6 is 0 Å². The molecule has 1 N–H and O–H groups in total. The highest BCUT2D eigenvalue weighted by atomic mass is 16.5. The van der Waals surface area contributed by atoms with Gasteiger partial charge in [-0.1, -0.05) is 17.2 Å². The van der Waals surface area contributed by atoms with Crippen molar-refractivity contribution in [1.82, 2.24) is 4.98 Å². The third-order valence-electron chi connectivity index (χ3n) is 4.47. The molecule has 0 aliphatic carbocycles. The smallest absolute Gasteiger partial charge is 0.255 e. The Kier molecular flexibility index (Phi) is 4.57. The number of hydrogen-bond acceptors (Lipinski definition) is 4. The highest BCUT2D eigenvalue weighted by molar-refractivity contribution is 6.05. The maximum Gasteiger partial charge on any atom is 0.255 e. The number of ether oxygens (including phenoxy) is 1. The molecule has 0 unspecified atom stereocenters. The Bertz CT molecular complexity index is 1140. The van der Waals surface area contributed by atoms with Crippen LogP contribution in [0.1, 0.15) is 21.5 Å². The summed E-state index contributed by atoms with van der Waals surface area (Å²) in [6.45, 7) is 4.10. The van der Waals surface area contributed by atoms with Crippen LogP contribution in [0.2, 0.25) is 0 Å². The van der Waals surface area contributed by atoms with Gasteiger partial charge in [0.1, 0.15) is 11.3 Å². The van der Waals surface area contributed by atoms with E-state index < -0.39 is 0 Å². The van der Waals surface area contributed by atoms with E-state index in [1.165, 1.54) is 0 Å². The van der Waals surface area contributed by atoms with Crippen molar-refractivity contribution in [3.05, 3.63) is 77.4 Å². The highest BCUT2D eigenvalue weighted by Gasteiger charge is 2.11. The first-order valence-electron chi connectivity index (χ1n) is 8.96. The Labute approximate surface area is 163 Å². The molecule has 0 spiro atoms. The largest absolute Gasteiger partial charge is 0.497 e. The predicted octanol–water partition coefficient (Wildman–Crippen LogP) is 5.37. The molecule has 0 saturated heterocycles. The van der Waals surface area contributed by atoms with Crippen LogP contribution in [0, 0.1) is 13.8 Å². The lowest BCUT2D eigenvalue weighted by molar-refractivity contribution is 0.102. The van der Waals surface area contributed by atoms with Crippen LogP contribution in [0.3, 0.4) is 0 Å². The fourth-order valence-corrected chi connectivity index (χ4v) is 3.17. The van der Waals surface area contributed by atoms with E-state index in [-0.39, 0.29) is 5.91 Å². The number of nitrogens with zero attached hydrogens (tertiary/aromatic N) is 1. The molecule has 0 saturated carbocycles. The molecule has 1 heterocycles. The number of carbonyl (C=O) groups excluding carboxylic acids is 1. The van der Waals surface area contributed by atoms with E-state index in [1.54, 1.807) is 37.4 Å². The van der Waals surface area contributed by atoms with Gasteiger partial charge in [0.15, 0.2) is 5.58 Å². The van der Waals surface area contributed by atoms with Gasteiger partial charge in [0.2, 0.25) is 5.89 Å². The number of anilines is 1. The van der Waals surface area contributed by atoms with Gasteiger partial charge in [-0.05, 0) is 68.4 Å². The number of hydrogen-bond donors (Lipinski definition) is 1. The SMILES string of the molecule is COc1ccc(C(=O)Nc2ccc3oc(-c4cc(C)cc(C)c4)nc3c2)cc1. The zero-order valence-electron chi connectivity index (χ0n) is 15.9. The molecule has 0 aliphatic heterocycles. The third-order valence-corrected chi connectivity index (χ3v) is 4.47. The first-order chi connectivity index (χ1) is 13.5. The van der Waals surface area contributed by atoms with E-state index in [0.717, 1.165) is 16.7 Å². The van der Waals surface area contributed by atoms with Gasteiger partial charge in [0.05, 0.1) is 7.11 Å². The molecule has 1 aromatic heterocycles. The van der Waals surface area contributed by atoms with Crippen molar-refractivity contribution in [2.45, 2.75) is 13.8 Å². The van der Waals surface area contributed by atoms with Crippen molar-refractivity contribution in [2.24, 2.45) is 0 Å². The molecular weight excluding hydrogens is 352 g/mol. The van der Waals surface area contributed by atoms with E-state index >= 15 is 0 Å². The molecule has 0 radical (unpaired) electrons. The Morgan fingerprint density at radius 3 is 2.36 bits per heavy atom. The molecule has 5 heteroatoms. The van der Waals surface area contributed by atoms with E-state index in [2.05, 4.69) is 16.4 Å². The van der Waals surface area contributed by atoms with Gasteiger partial charge in [0.25, 0.3) is 5.91 Å². The van der Waals surface area contributed by atoms with Crippen molar-refractivity contribution in [3.8, 4) is 17.2 Å². The number of nitrogens with one attached hydrogen (secondary N) is 1. The minimum absolute atomic E-state index is 0.194. The Balaban J connectivity index is 1.59. The van der Waals surface area contributed by atoms with Crippen molar-refractivity contribution in [1.29, 1.82) is 0 Å². The molecule has 5 nitrogen and oxygen atoms in total. The minimum atomic E-state index is -0.194. The molecule has 0 aliphatic rings. The van der Waals surface area contributed by atoms with Crippen LogP contribution in [-0.4, -0.2) is 18.0 Å². The average molecular weight is 372 g/mol. The van der Waals surface area contributed by atoms with Crippen LogP contribution in [0.4, 0.5) is 5.69 Å². The topological polar surface area (TPSA) is 64.4 Å². The number of benzene rings is 3. The molecule has 0 bridgehead atoms. The Hall–Kier alpha value is -3.60. The van der Waals surface area contributed by atoms with Gasteiger partial charge >= 0.3 is 0 Å². The van der Waals surface area contributed by atoms with E-state index in [0.29, 0.717) is 34.0 Å². The Morgan fingerprint density at radius 2 is 1.68 bits per heavy atom. The summed E-state index contributed by atoms with van der Waals surface area (Å²) in [6, 6.07) is 18.6. The number of fused-ring (bicyclic) bond motifs is 1. The monoisotopic (exact) mass is 372 g/mol. The molecule has 4 rings (SSSR count). The molecule has 28 heavy (non-hydrogen) atoms. The fourth-order valence-electron chi connectivity index (χ4n) is 3.17. The second kappa shape index (κ2) is 7.19. The van der Waals surface area contributed by atoms with Crippen molar-refractivity contribution < 1.29 is 13.9 Å². The molecule has 4 aromatic rings. The number of methoxy groups -OCH3 is 1. The zero-order chi connectivity index (χ0) is 19.7. The number of rotatable bonds is 4. The summed E-state index contributed by atoms with van der Waals surface area (Å²) in [5.41, 5.74) is 5.84. The molecule has 0 atom stereocenters. The Morgan fingerprint density at radius 1 is 0.964 bits per heavy atom. The highest BCUT2D eigenvalue weighted by Crippen LogP contribution is 2.27. The molecule has 0 fully saturated rings. The summed E-state index contributed by atoms with van der Waals surface area (Å²) in [5, 5.41) is 2.89. The minimum Gasteiger partial charge on any atom is -0.497 e. The van der Waals surface area contributed by atoms with Crippen LogP contribution in [0.5, 0.6) is 5.75 Å². The van der Waals surface area contributed by atoms with E-state index in [1.807, 2.05) is 38.1 Å². The summed E-state index contributed by atoms with van der Waals surface area (Å²) in [5.74, 6) is 1.08. The number of oxazole rings is 1. The van der Waals surface area contributed by atoms with E-state index in [4.69, 9.17) is 9.15 Å². The third kappa shape index (κ3) is 3.60. The number of aromatic nitrogens is 1. The zero-order valence-corrected chi connectivity index (χ0v) is 15.9. The average Bonchev–Trinajstić information content (AvgIpc) is 3.11. The summed E-state index contributed by atoms with van der Waals surface area (Å²) in [4.78, 5) is 17.0. The first-order valence-corrected chi connectivity index (χ1v) is 8.96. The van der Waals surface area contributed by atoms with Crippen LogP contribution in [0.25, 0.3) is 22.6 Å². The predicted molar refractivity (Wildman–Crippen MR) is 110 cm³/mol. The quantitative estimate of drug-likeness (QED) is 0.523. The van der Waals surface area contributed by atoms with Crippen LogP contribution in [0.15, 0.2) is 65.1 Å². The van der Waals surface area contributed by atoms with Gasteiger partial charge in [-0.25, -0.2) is 4.98 Å². The molecule has 3 aromatic carbocycles. The second-order valence-corrected chi connectivity index (χ2v) is 6.76. The van der Waals surface area contributed by atoms with Crippen LogP contribution in [-0.2, 0) is 0 Å². The fraction of sp³-hybridized carbons (Fsp3) is 0.130. The lowest BCUT2D eigenvalue weighted by Gasteiger charge is -2.06. The maximum atomic E-state index is 12.5. The van der Waals surface area contributed by atoms with Crippen molar-refractivity contribution >= 4 is 22.7 Å². The lowest BCUT2D eigenvalue weighted by Crippen LogP contribution is -2.11. The number of amides is 1. The summed E-state index contributed by atoms with van der Waals surface area (Å²) in [7, 11) is 1.59. The number of aryl methyl sites for hydroxylation is 2. The summed E-state index contributed by atoms with van der Waals surface area (Å²) in [6.07, 6.45) is 0. The van der Waals surface area contributed by atoms with Crippen molar-refractivity contribution in [3.63, 3.8) is 0 Å². The first kappa shape index (κ1) is 17.8. The van der Waals surface area contributed by atoms with Crippen molar-refractivity contribution in [2.75, 3.05) is 12.4 Å². The van der Waals surface area contributed by atoms with Gasteiger partial charge in [-0.2, -0.15) is 0 Å². The molecule has 1 amide bonds. The van der Waals surface area contributed by atoms with Crippen LogP contribution < -0.4 is 10.1 Å². The summed E-state index contributed by atoms with van der Waals surface area (Å²) < 4.78 is 11.0. The standard InChI is InChI=1S/C23H20N2O3/c1-14-10-15(2)12-17(11-14)23-25-20-13-18(6-9-21(20)28-23)24-22(26)16-4-7-19(27-3)8-5-16/h4-13H,1-3H3,(H,24,26). The van der Waals surface area contributed by atoms with Gasteiger partial charge < -0.3 is 14.5 Å². The second-order valence-electron chi connectivity index (χ2n) is 6.76. The molecular formula is C23H20N2O3. The van der Waals surface area contributed by atoms with E-state index in [9.17, 15) is 4.79 Å². The number of carbonyl (C=O) groups is 1. The summed E-state index contributed by atoms with van der Waals surface area (Å²) >= 11 is 0. The van der Waals surface area contributed by atoms with Gasteiger partial charge in [-0.3, -0.25) is 4.79 Å².